The van der Waals surface area contributed by atoms with Gasteiger partial charge in [-0.2, -0.15) is 11.8 Å². The summed E-state index contributed by atoms with van der Waals surface area (Å²) in [5.74, 6) is 1.03. The lowest BCUT2D eigenvalue weighted by Crippen LogP contribution is -2.39. The highest BCUT2D eigenvalue weighted by Gasteiger charge is 2.29. The molecule has 1 aromatic carbocycles. The average molecular weight is 343 g/mol. The first-order valence-corrected chi connectivity index (χ1v) is 8.43. The van der Waals surface area contributed by atoms with E-state index >= 15 is 0 Å². The molecule has 19 heavy (non-hydrogen) atoms. The Hall–Kier alpha value is -0.680. The second kappa shape index (κ2) is 6.66. The van der Waals surface area contributed by atoms with E-state index < -0.39 is 0 Å². The summed E-state index contributed by atoms with van der Waals surface area (Å²) >= 11 is 5.31. The van der Waals surface area contributed by atoms with E-state index in [0.717, 1.165) is 16.6 Å². The minimum absolute atomic E-state index is 0.0626. The van der Waals surface area contributed by atoms with Crippen LogP contribution in [0.1, 0.15) is 36.5 Å². The molecule has 0 saturated heterocycles. The number of amides is 1. The van der Waals surface area contributed by atoms with Crippen LogP contribution in [-0.4, -0.2) is 23.0 Å². The van der Waals surface area contributed by atoms with Crippen molar-refractivity contribution in [1.82, 2.24) is 5.32 Å². The molecule has 5 heteroatoms. The fourth-order valence-corrected chi connectivity index (χ4v) is 4.03. The Kier molecular flexibility index (Phi) is 5.16. The molecular weight excluding hydrogens is 324 g/mol. The average Bonchev–Trinajstić information content (AvgIpc) is 2.80. The van der Waals surface area contributed by atoms with Crippen LogP contribution in [0.15, 0.2) is 22.7 Å². The molecule has 3 nitrogen and oxygen atoms in total. The molecule has 0 radical (unpaired) electrons. The first-order chi connectivity index (χ1) is 9.11. The Bertz CT molecular complexity index is 467. The van der Waals surface area contributed by atoms with Gasteiger partial charge in [-0.3, -0.25) is 4.79 Å². The Labute approximate surface area is 126 Å². The van der Waals surface area contributed by atoms with Gasteiger partial charge in [0.25, 0.3) is 5.91 Å². The van der Waals surface area contributed by atoms with Crippen LogP contribution in [0, 0.1) is 0 Å². The zero-order valence-electron chi connectivity index (χ0n) is 11.0. The van der Waals surface area contributed by atoms with Crippen LogP contribution in [0.3, 0.4) is 0 Å². The van der Waals surface area contributed by atoms with Crippen molar-refractivity contribution in [2.75, 3.05) is 11.5 Å². The van der Waals surface area contributed by atoms with E-state index in [4.69, 9.17) is 5.73 Å². The van der Waals surface area contributed by atoms with Gasteiger partial charge in [-0.1, -0.05) is 29.3 Å². The molecule has 2 rings (SSSR count). The van der Waals surface area contributed by atoms with E-state index in [1.54, 1.807) is 12.1 Å². The fourth-order valence-electron chi connectivity index (χ4n) is 2.48. The van der Waals surface area contributed by atoms with Crippen LogP contribution in [-0.2, 0) is 0 Å². The molecule has 2 unspecified atom stereocenters. The summed E-state index contributed by atoms with van der Waals surface area (Å²) in [7, 11) is 0. The van der Waals surface area contributed by atoms with Crippen LogP contribution < -0.4 is 11.1 Å². The zero-order chi connectivity index (χ0) is 13.8. The lowest BCUT2D eigenvalue weighted by molar-refractivity contribution is 0.0939. The summed E-state index contributed by atoms with van der Waals surface area (Å²) in [6.45, 7) is 2.16. The van der Waals surface area contributed by atoms with Crippen molar-refractivity contribution in [2.45, 2.75) is 37.5 Å². The van der Waals surface area contributed by atoms with E-state index in [-0.39, 0.29) is 11.9 Å². The van der Waals surface area contributed by atoms with Crippen molar-refractivity contribution < 1.29 is 4.79 Å². The van der Waals surface area contributed by atoms with Gasteiger partial charge in [-0.15, -0.1) is 0 Å². The van der Waals surface area contributed by atoms with Crippen molar-refractivity contribution >= 4 is 39.3 Å². The second-order valence-electron chi connectivity index (χ2n) is 4.74. The predicted octanol–water partition coefficient (Wildman–Crippen LogP) is 3.44. The number of anilines is 1. The Balaban J connectivity index is 2.06. The lowest BCUT2D eigenvalue weighted by Gasteiger charge is -2.20. The molecular formula is C14H19BrN2OS. The van der Waals surface area contributed by atoms with Crippen molar-refractivity contribution in [3.05, 3.63) is 28.2 Å². The van der Waals surface area contributed by atoms with E-state index in [1.807, 2.05) is 17.8 Å². The number of carbonyl (C=O) groups is 1. The van der Waals surface area contributed by atoms with Crippen molar-refractivity contribution in [2.24, 2.45) is 0 Å². The van der Waals surface area contributed by atoms with E-state index in [0.29, 0.717) is 16.5 Å². The van der Waals surface area contributed by atoms with E-state index in [2.05, 4.69) is 28.2 Å². The molecule has 0 bridgehead atoms. The summed E-state index contributed by atoms with van der Waals surface area (Å²) in [5, 5.41) is 3.68. The topological polar surface area (TPSA) is 55.1 Å². The SMILES string of the molecule is CCSC1CCCC1NC(=O)c1cc(Br)ccc1N. The highest BCUT2D eigenvalue weighted by molar-refractivity contribution is 9.10. The third-order valence-electron chi connectivity index (χ3n) is 3.41. The first kappa shape index (κ1) is 14.7. The van der Waals surface area contributed by atoms with Crippen LogP contribution in [0.4, 0.5) is 5.69 Å². The molecule has 0 aromatic heterocycles. The molecule has 2 atom stereocenters. The maximum Gasteiger partial charge on any atom is 0.253 e. The number of rotatable bonds is 4. The highest BCUT2D eigenvalue weighted by Crippen LogP contribution is 2.30. The molecule has 0 aliphatic heterocycles. The molecule has 1 fully saturated rings. The van der Waals surface area contributed by atoms with Gasteiger partial charge in [0.1, 0.15) is 0 Å². The van der Waals surface area contributed by atoms with Crippen molar-refractivity contribution in [1.29, 1.82) is 0 Å². The predicted molar refractivity (Wildman–Crippen MR) is 85.6 cm³/mol. The number of hydrogen-bond donors (Lipinski definition) is 2. The quantitative estimate of drug-likeness (QED) is 0.824. The maximum absolute atomic E-state index is 12.3. The Morgan fingerprint density at radius 3 is 3.05 bits per heavy atom. The van der Waals surface area contributed by atoms with Gasteiger partial charge in [-0.05, 0) is 36.8 Å². The number of hydrogen-bond acceptors (Lipinski definition) is 3. The number of benzene rings is 1. The number of nitrogen functional groups attached to an aromatic ring is 1. The summed E-state index contributed by atoms with van der Waals surface area (Å²) in [4.78, 5) is 12.3. The number of nitrogens with two attached hydrogens (primary N) is 1. The van der Waals surface area contributed by atoms with Crippen LogP contribution in [0.5, 0.6) is 0 Å². The highest BCUT2D eigenvalue weighted by atomic mass is 79.9. The molecule has 3 N–H and O–H groups in total. The third-order valence-corrected chi connectivity index (χ3v) is 5.23. The molecule has 1 amide bonds. The molecule has 104 valence electrons. The van der Waals surface area contributed by atoms with Crippen molar-refractivity contribution in [3.63, 3.8) is 0 Å². The van der Waals surface area contributed by atoms with Gasteiger partial charge in [0, 0.05) is 21.5 Å². The normalized spacial score (nSPS) is 22.4. The standard InChI is InChI=1S/C14H19BrN2OS/c1-2-19-13-5-3-4-12(13)17-14(18)10-8-9(15)6-7-11(10)16/h6-8,12-13H,2-5,16H2,1H3,(H,17,18). The smallest absolute Gasteiger partial charge is 0.253 e. The summed E-state index contributed by atoms with van der Waals surface area (Å²) < 4.78 is 0.873. The first-order valence-electron chi connectivity index (χ1n) is 6.59. The van der Waals surface area contributed by atoms with Crippen LogP contribution in [0.2, 0.25) is 0 Å². The minimum atomic E-state index is -0.0626. The maximum atomic E-state index is 12.3. The third kappa shape index (κ3) is 3.66. The van der Waals surface area contributed by atoms with Gasteiger partial charge in [0.2, 0.25) is 0 Å². The van der Waals surface area contributed by atoms with Gasteiger partial charge >= 0.3 is 0 Å². The number of halogens is 1. The van der Waals surface area contributed by atoms with Gasteiger partial charge in [0.15, 0.2) is 0 Å². The molecule has 1 aliphatic carbocycles. The lowest BCUT2D eigenvalue weighted by atomic mass is 10.1. The molecule has 0 spiro atoms. The summed E-state index contributed by atoms with van der Waals surface area (Å²) in [6.07, 6.45) is 3.45. The summed E-state index contributed by atoms with van der Waals surface area (Å²) in [6, 6.07) is 5.65. The largest absolute Gasteiger partial charge is 0.398 e. The number of thioether (sulfide) groups is 1. The number of nitrogens with one attached hydrogen (secondary N) is 1. The monoisotopic (exact) mass is 342 g/mol. The second-order valence-corrected chi connectivity index (χ2v) is 7.17. The van der Waals surface area contributed by atoms with Gasteiger partial charge in [-0.25, -0.2) is 0 Å². The zero-order valence-corrected chi connectivity index (χ0v) is 13.4. The van der Waals surface area contributed by atoms with Gasteiger partial charge in [0.05, 0.1) is 5.56 Å². The molecule has 1 saturated carbocycles. The molecule has 0 heterocycles. The van der Waals surface area contributed by atoms with Crippen LogP contribution in [0.25, 0.3) is 0 Å². The summed E-state index contributed by atoms with van der Waals surface area (Å²) in [5.41, 5.74) is 6.95. The van der Waals surface area contributed by atoms with E-state index in [9.17, 15) is 4.79 Å². The van der Waals surface area contributed by atoms with Crippen LogP contribution >= 0.6 is 27.7 Å². The minimum Gasteiger partial charge on any atom is -0.398 e. The number of carbonyl (C=O) groups excluding carboxylic acids is 1. The van der Waals surface area contributed by atoms with Gasteiger partial charge < -0.3 is 11.1 Å². The Morgan fingerprint density at radius 2 is 2.32 bits per heavy atom. The molecule has 1 aromatic rings. The Morgan fingerprint density at radius 1 is 1.53 bits per heavy atom. The molecule has 1 aliphatic rings. The van der Waals surface area contributed by atoms with E-state index in [1.165, 1.54) is 12.8 Å². The fraction of sp³-hybridized carbons (Fsp3) is 0.500. The van der Waals surface area contributed by atoms with Crippen molar-refractivity contribution in [3.8, 4) is 0 Å².